The molecule has 0 unspecified atom stereocenters. The van der Waals surface area contributed by atoms with Crippen molar-refractivity contribution in [1.82, 2.24) is 10.2 Å². The molecule has 40 heavy (non-hydrogen) atoms. The van der Waals surface area contributed by atoms with Crippen LogP contribution < -0.4 is 9.62 Å². The van der Waals surface area contributed by atoms with Gasteiger partial charge in [0, 0.05) is 18.1 Å². The highest BCUT2D eigenvalue weighted by Crippen LogP contribution is 2.28. The van der Waals surface area contributed by atoms with Gasteiger partial charge >= 0.3 is 0 Å². The number of amides is 2. The van der Waals surface area contributed by atoms with Crippen LogP contribution in [0, 0.1) is 5.92 Å². The Morgan fingerprint density at radius 1 is 0.875 bits per heavy atom. The van der Waals surface area contributed by atoms with Crippen molar-refractivity contribution in [1.29, 1.82) is 0 Å². The Hall–Kier alpha value is -3.36. The highest BCUT2D eigenvalue weighted by atomic mass is 35.5. The van der Waals surface area contributed by atoms with Crippen molar-refractivity contribution < 1.29 is 18.0 Å². The van der Waals surface area contributed by atoms with Crippen molar-refractivity contribution in [3.05, 3.63) is 95.0 Å². The number of nitrogens with zero attached hydrogens (tertiary/aromatic N) is 2. The number of anilines is 1. The number of hydrogen-bond acceptors (Lipinski definition) is 4. The lowest BCUT2D eigenvalue weighted by molar-refractivity contribution is -0.140. The Kier molecular flexibility index (Phi) is 11.2. The molecule has 0 aliphatic heterocycles. The zero-order valence-electron chi connectivity index (χ0n) is 23.5. The molecule has 1 atom stereocenters. The maximum Gasteiger partial charge on any atom is 0.264 e. The van der Waals surface area contributed by atoms with E-state index >= 15 is 0 Å². The number of carbonyl (C=O) groups is 2. The summed E-state index contributed by atoms with van der Waals surface area (Å²) >= 11 is 6.45. The van der Waals surface area contributed by atoms with Crippen LogP contribution >= 0.6 is 11.6 Å². The molecule has 7 nitrogen and oxygen atoms in total. The highest BCUT2D eigenvalue weighted by molar-refractivity contribution is 7.92. The number of rotatable bonds is 13. The number of sulfonamides is 1. The largest absolute Gasteiger partial charge is 0.354 e. The molecule has 0 aromatic heterocycles. The van der Waals surface area contributed by atoms with Gasteiger partial charge in [-0.25, -0.2) is 8.42 Å². The fourth-order valence-electron chi connectivity index (χ4n) is 4.44. The van der Waals surface area contributed by atoms with E-state index in [0.717, 1.165) is 9.87 Å². The summed E-state index contributed by atoms with van der Waals surface area (Å²) in [7, 11) is -4.11. The summed E-state index contributed by atoms with van der Waals surface area (Å²) in [5.41, 5.74) is 1.88. The van der Waals surface area contributed by atoms with E-state index in [0.29, 0.717) is 35.7 Å². The minimum Gasteiger partial charge on any atom is -0.354 e. The van der Waals surface area contributed by atoms with Gasteiger partial charge in [-0.1, -0.05) is 93.9 Å². The Labute approximate surface area is 243 Å². The first-order chi connectivity index (χ1) is 19.1. The van der Waals surface area contributed by atoms with Crippen molar-refractivity contribution >= 4 is 39.1 Å². The number of benzene rings is 3. The molecule has 214 valence electrons. The summed E-state index contributed by atoms with van der Waals surface area (Å²) in [6.07, 6.45) is 0.917. The van der Waals surface area contributed by atoms with Crippen molar-refractivity contribution in [3.63, 3.8) is 0 Å². The third-order valence-electron chi connectivity index (χ3n) is 6.62. The molecule has 0 bridgehead atoms. The Morgan fingerprint density at radius 3 is 2.08 bits per heavy atom. The molecule has 9 heteroatoms. The molecule has 0 fully saturated rings. The second kappa shape index (κ2) is 14.3. The summed E-state index contributed by atoms with van der Waals surface area (Å²) in [5.74, 6) is -0.564. The van der Waals surface area contributed by atoms with Gasteiger partial charge in [0.15, 0.2) is 0 Å². The smallest absolute Gasteiger partial charge is 0.264 e. The van der Waals surface area contributed by atoms with Gasteiger partial charge in [0.2, 0.25) is 11.8 Å². The van der Waals surface area contributed by atoms with E-state index < -0.39 is 28.5 Å². The monoisotopic (exact) mass is 583 g/mol. The zero-order valence-corrected chi connectivity index (χ0v) is 25.1. The lowest BCUT2D eigenvalue weighted by atomic mass is 10.1. The summed E-state index contributed by atoms with van der Waals surface area (Å²) in [6.45, 7) is 7.78. The first kappa shape index (κ1) is 31.2. The molecule has 0 heterocycles. The fourth-order valence-corrected chi connectivity index (χ4v) is 6.11. The molecular formula is C31H38ClN3O4S. The maximum absolute atomic E-state index is 14.2. The molecule has 0 aliphatic rings. The average molecular weight is 584 g/mol. The SMILES string of the molecule is CCc1ccccc1N(CC(=O)N(Cc1ccccc1Cl)[C@H](CC)C(=O)NCC(C)C)S(=O)(=O)c1ccccc1. The molecule has 1 N–H and O–H groups in total. The van der Waals surface area contributed by atoms with Crippen LogP contribution in [0.2, 0.25) is 5.02 Å². The molecule has 0 aliphatic carbocycles. The van der Waals surface area contributed by atoms with Crippen LogP contribution in [0.4, 0.5) is 5.69 Å². The van der Waals surface area contributed by atoms with Gasteiger partial charge in [0.1, 0.15) is 12.6 Å². The number of nitrogens with one attached hydrogen (secondary N) is 1. The topological polar surface area (TPSA) is 86.8 Å². The summed E-state index contributed by atoms with van der Waals surface area (Å²) in [4.78, 5) is 29.0. The van der Waals surface area contributed by atoms with E-state index in [2.05, 4.69) is 5.32 Å². The van der Waals surface area contributed by atoms with Crippen molar-refractivity contribution in [2.45, 2.75) is 58.0 Å². The van der Waals surface area contributed by atoms with Crippen molar-refractivity contribution in [2.75, 3.05) is 17.4 Å². The first-order valence-corrected chi connectivity index (χ1v) is 15.4. The Balaban J connectivity index is 2.08. The number of hydrogen-bond donors (Lipinski definition) is 1. The van der Waals surface area contributed by atoms with Crippen LogP contribution in [-0.4, -0.2) is 44.3 Å². The van der Waals surface area contributed by atoms with Crippen LogP contribution in [0.1, 0.15) is 45.2 Å². The van der Waals surface area contributed by atoms with E-state index in [1.54, 1.807) is 48.5 Å². The molecule has 0 saturated carbocycles. The normalized spacial score (nSPS) is 12.2. The maximum atomic E-state index is 14.2. The quantitative estimate of drug-likeness (QED) is 0.281. The lowest BCUT2D eigenvalue weighted by Gasteiger charge is -2.34. The summed E-state index contributed by atoms with van der Waals surface area (Å²) in [6, 6.07) is 21.5. The van der Waals surface area contributed by atoms with Crippen LogP contribution in [0.15, 0.2) is 83.8 Å². The second-order valence-electron chi connectivity index (χ2n) is 9.98. The number of aryl methyl sites for hydroxylation is 1. The molecule has 0 radical (unpaired) electrons. The fraction of sp³-hybridized carbons (Fsp3) is 0.355. The average Bonchev–Trinajstić information content (AvgIpc) is 2.95. The van der Waals surface area contributed by atoms with E-state index in [9.17, 15) is 18.0 Å². The van der Waals surface area contributed by atoms with Gasteiger partial charge in [0.05, 0.1) is 10.6 Å². The summed E-state index contributed by atoms with van der Waals surface area (Å²) < 4.78 is 29.1. The summed E-state index contributed by atoms with van der Waals surface area (Å²) in [5, 5.41) is 3.39. The standard InChI is InChI=1S/C31H38ClN3O4S/c1-5-24-14-11-13-19-29(24)35(40(38,39)26-16-8-7-9-17-26)22-30(36)34(21-25-15-10-12-18-27(25)32)28(6-2)31(37)33-20-23(3)4/h7-19,23,28H,5-6,20-22H2,1-4H3,(H,33,37)/t28-/m1/s1. The van der Waals surface area contributed by atoms with Crippen LogP contribution in [-0.2, 0) is 32.6 Å². The number of para-hydroxylation sites is 1. The van der Waals surface area contributed by atoms with Crippen LogP contribution in [0.5, 0.6) is 0 Å². The molecule has 2 amide bonds. The van der Waals surface area contributed by atoms with E-state index in [1.807, 2.05) is 45.9 Å². The van der Waals surface area contributed by atoms with E-state index in [1.165, 1.54) is 17.0 Å². The number of carbonyl (C=O) groups excluding carboxylic acids is 2. The molecular weight excluding hydrogens is 546 g/mol. The molecule has 3 aromatic carbocycles. The molecule has 3 aromatic rings. The minimum atomic E-state index is -4.11. The number of halogens is 1. The van der Waals surface area contributed by atoms with Crippen LogP contribution in [0.3, 0.4) is 0 Å². The molecule has 0 spiro atoms. The van der Waals surface area contributed by atoms with Gasteiger partial charge in [-0.15, -0.1) is 0 Å². The molecule has 3 rings (SSSR count). The van der Waals surface area contributed by atoms with Crippen LogP contribution in [0.25, 0.3) is 0 Å². The third kappa shape index (κ3) is 7.64. The molecule has 0 saturated heterocycles. The second-order valence-corrected chi connectivity index (χ2v) is 12.3. The van der Waals surface area contributed by atoms with Gasteiger partial charge < -0.3 is 10.2 Å². The third-order valence-corrected chi connectivity index (χ3v) is 8.76. The van der Waals surface area contributed by atoms with Gasteiger partial charge in [-0.05, 0) is 54.2 Å². The Morgan fingerprint density at radius 2 is 1.48 bits per heavy atom. The predicted octanol–water partition coefficient (Wildman–Crippen LogP) is 5.68. The lowest BCUT2D eigenvalue weighted by Crippen LogP contribution is -2.52. The first-order valence-electron chi connectivity index (χ1n) is 13.6. The zero-order chi connectivity index (χ0) is 29.3. The Bertz CT molecular complexity index is 1400. The predicted molar refractivity (Wildman–Crippen MR) is 161 cm³/mol. The van der Waals surface area contributed by atoms with Gasteiger partial charge in [0.25, 0.3) is 10.0 Å². The van der Waals surface area contributed by atoms with E-state index in [4.69, 9.17) is 11.6 Å². The highest BCUT2D eigenvalue weighted by Gasteiger charge is 2.34. The van der Waals surface area contributed by atoms with Gasteiger partial charge in [-0.2, -0.15) is 0 Å². The van der Waals surface area contributed by atoms with Crippen molar-refractivity contribution in [3.8, 4) is 0 Å². The minimum absolute atomic E-state index is 0.0563. The van der Waals surface area contributed by atoms with Gasteiger partial charge in [-0.3, -0.25) is 13.9 Å². The van der Waals surface area contributed by atoms with E-state index in [-0.39, 0.29) is 23.3 Å². The van der Waals surface area contributed by atoms with Crippen molar-refractivity contribution in [2.24, 2.45) is 5.92 Å².